The quantitative estimate of drug-likeness (QED) is 0.782. The first-order valence-corrected chi connectivity index (χ1v) is 7.47. The number of carbonyl (C=O) groups is 1. The van der Waals surface area contributed by atoms with Crippen LogP contribution >= 0.6 is 0 Å². The van der Waals surface area contributed by atoms with Crippen LogP contribution in [0.4, 0.5) is 0 Å². The summed E-state index contributed by atoms with van der Waals surface area (Å²) in [6.07, 6.45) is 4.61. The van der Waals surface area contributed by atoms with Crippen LogP contribution in [-0.4, -0.2) is 25.1 Å². The first kappa shape index (κ1) is 14.9. The van der Waals surface area contributed by atoms with Crippen molar-refractivity contribution in [3.63, 3.8) is 0 Å². The van der Waals surface area contributed by atoms with Crippen molar-refractivity contribution in [1.82, 2.24) is 5.32 Å². The molecule has 0 radical (unpaired) electrons. The van der Waals surface area contributed by atoms with Crippen molar-refractivity contribution < 1.29 is 9.53 Å². The Morgan fingerprint density at radius 1 is 1.20 bits per heavy atom. The van der Waals surface area contributed by atoms with Crippen LogP contribution in [-0.2, 0) is 4.79 Å². The van der Waals surface area contributed by atoms with E-state index in [1.54, 1.807) is 0 Å². The summed E-state index contributed by atoms with van der Waals surface area (Å²) in [5.74, 6) is 1.21. The Labute approximate surface area is 120 Å². The van der Waals surface area contributed by atoms with E-state index < -0.39 is 0 Å². The summed E-state index contributed by atoms with van der Waals surface area (Å²) in [4.78, 5) is 11.9. The summed E-state index contributed by atoms with van der Waals surface area (Å²) in [6.45, 7) is 1.30. The van der Waals surface area contributed by atoms with Crippen LogP contribution in [0.1, 0.15) is 32.1 Å². The van der Waals surface area contributed by atoms with Crippen LogP contribution in [0.2, 0.25) is 0 Å². The largest absolute Gasteiger partial charge is 0.494 e. The predicted molar refractivity (Wildman–Crippen MR) is 79.5 cm³/mol. The maximum absolute atomic E-state index is 11.9. The van der Waals surface area contributed by atoms with E-state index in [1.807, 2.05) is 30.3 Å². The number of nitrogens with one attached hydrogen (secondary N) is 1. The van der Waals surface area contributed by atoms with Crippen molar-refractivity contribution in [2.24, 2.45) is 11.7 Å². The summed E-state index contributed by atoms with van der Waals surface area (Å²) in [5, 5.41) is 2.99. The molecule has 1 fully saturated rings. The molecule has 1 aromatic rings. The van der Waals surface area contributed by atoms with Gasteiger partial charge in [-0.25, -0.2) is 0 Å². The Hall–Kier alpha value is -1.55. The van der Waals surface area contributed by atoms with Gasteiger partial charge in [0.25, 0.3) is 0 Å². The minimum Gasteiger partial charge on any atom is -0.494 e. The van der Waals surface area contributed by atoms with Crippen LogP contribution in [0.3, 0.4) is 0 Å². The lowest BCUT2D eigenvalue weighted by molar-refractivity contribution is -0.126. The highest BCUT2D eigenvalue weighted by molar-refractivity contribution is 5.78. The molecule has 0 atom stereocenters. The Bertz CT molecular complexity index is 400. The molecule has 0 spiro atoms. The molecule has 4 heteroatoms. The number of benzene rings is 1. The van der Waals surface area contributed by atoms with Gasteiger partial charge in [-0.1, -0.05) is 18.2 Å². The lowest BCUT2D eigenvalue weighted by atomic mass is 9.86. The van der Waals surface area contributed by atoms with Crippen LogP contribution in [0.5, 0.6) is 5.75 Å². The second-order valence-electron chi connectivity index (χ2n) is 5.42. The van der Waals surface area contributed by atoms with Crippen molar-refractivity contribution >= 4 is 5.91 Å². The number of rotatable bonds is 6. The molecule has 0 heterocycles. The molecule has 0 aromatic heterocycles. The molecule has 110 valence electrons. The van der Waals surface area contributed by atoms with Crippen molar-refractivity contribution in [3.8, 4) is 5.75 Å². The molecule has 4 nitrogen and oxygen atoms in total. The number of carbonyl (C=O) groups excluding carboxylic acids is 1. The van der Waals surface area contributed by atoms with E-state index in [0.29, 0.717) is 19.2 Å². The Morgan fingerprint density at radius 2 is 1.90 bits per heavy atom. The average molecular weight is 276 g/mol. The summed E-state index contributed by atoms with van der Waals surface area (Å²) < 4.78 is 5.58. The van der Waals surface area contributed by atoms with Gasteiger partial charge in [0, 0.05) is 18.5 Å². The standard InChI is InChI=1S/C16H24N2O2/c17-14-9-7-13(8-10-14)16(19)18-11-4-12-20-15-5-2-1-3-6-15/h1-3,5-6,13-14H,4,7-12,17H2,(H,18,19). The monoisotopic (exact) mass is 276 g/mol. The number of ether oxygens (including phenoxy) is 1. The van der Waals surface area contributed by atoms with Gasteiger partial charge in [0.15, 0.2) is 0 Å². The van der Waals surface area contributed by atoms with Crippen molar-refractivity contribution in [3.05, 3.63) is 30.3 Å². The Morgan fingerprint density at radius 3 is 2.60 bits per heavy atom. The lowest BCUT2D eigenvalue weighted by Crippen LogP contribution is -2.36. The number of para-hydroxylation sites is 1. The van der Waals surface area contributed by atoms with E-state index in [-0.39, 0.29) is 11.8 Å². The minimum absolute atomic E-state index is 0.157. The summed E-state index contributed by atoms with van der Waals surface area (Å²) >= 11 is 0. The fraction of sp³-hybridized carbons (Fsp3) is 0.562. The number of amides is 1. The minimum atomic E-state index is 0.157. The smallest absolute Gasteiger partial charge is 0.223 e. The first-order chi connectivity index (χ1) is 9.75. The fourth-order valence-electron chi connectivity index (χ4n) is 2.52. The summed E-state index contributed by atoms with van der Waals surface area (Å²) in [5.41, 5.74) is 5.84. The molecule has 0 aliphatic heterocycles. The molecule has 1 aromatic carbocycles. The van der Waals surface area contributed by atoms with Gasteiger partial charge in [0.1, 0.15) is 5.75 Å². The molecular weight excluding hydrogens is 252 g/mol. The van der Waals surface area contributed by atoms with Crippen LogP contribution < -0.4 is 15.8 Å². The Kier molecular flexibility index (Phi) is 5.87. The average Bonchev–Trinajstić information content (AvgIpc) is 2.48. The third-order valence-corrected chi connectivity index (χ3v) is 3.77. The Balaban J connectivity index is 1.55. The molecule has 2 rings (SSSR count). The lowest BCUT2D eigenvalue weighted by Gasteiger charge is -2.25. The molecule has 0 unspecified atom stereocenters. The maximum atomic E-state index is 11.9. The van der Waals surface area contributed by atoms with Gasteiger partial charge in [0.05, 0.1) is 6.61 Å². The normalized spacial score (nSPS) is 22.2. The van der Waals surface area contributed by atoms with Crippen LogP contribution in [0.25, 0.3) is 0 Å². The number of nitrogens with two attached hydrogens (primary N) is 1. The SMILES string of the molecule is NC1CCC(C(=O)NCCCOc2ccccc2)CC1. The predicted octanol–water partition coefficient (Wildman–Crippen LogP) is 2.09. The van der Waals surface area contributed by atoms with Gasteiger partial charge in [-0.05, 0) is 44.2 Å². The van der Waals surface area contributed by atoms with Crippen molar-refractivity contribution in [2.45, 2.75) is 38.1 Å². The van der Waals surface area contributed by atoms with E-state index in [1.165, 1.54) is 0 Å². The number of hydrogen-bond donors (Lipinski definition) is 2. The zero-order valence-corrected chi connectivity index (χ0v) is 11.9. The molecule has 0 saturated heterocycles. The van der Waals surface area contributed by atoms with Gasteiger partial charge in [0.2, 0.25) is 5.91 Å². The number of hydrogen-bond acceptors (Lipinski definition) is 3. The van der Waals surface area contributed by atoms with Crippen LogP contribution in [0.15, 0.2) is 30.3 Å². The second-order valence-corrected chi connectivity index (χ2v) is 5.42. The van der Waals surface area contributed by atoms with E-state index in [2.05, 4.69) is 5.32 Å². The van der Waals surface area contributed by atoms with E-state index >= 15 is 0 Å². The fourth-order valence-corrected chi connectivity index (χ4v) is 2.52. The molecule has 1 amide bonds. The first-order valence-electron chi connectivity index (χ1n) is 7.47. The highest BCUT2D eigenvalue weighted by atomic mass is 16.5. The molecule has 1 aliphatic carbocycles. The van der Waals surface area contributed by atoms with Gasteiger partial charge < -0.3 is 15.8 Å². The maximum Gasteiger partial charge on any atom is 0.223 e. The van der Waals surface area contributed by atoms with Crippen molar-refractivity contribution in [2.75, 3.05) is 13.2 Å². The molecule has 1 saturated carbocycles. The zero-order chi connectivity index (χ0) is 14.2. The van der Waals surface area contributed by atoms with Gasteiger partial charge in [-0.2, -0.15) is 0 Å². The highest BCUT2D eigenvalue weighted by Crippen LogP contribution is 2.23. The molecule has 0 bridgehead atoms. The summed E-state index contributed by atoms with van der Waals surface area (Å²) in [7, 11) is 0. The van der Waals surface area contributed by atoms with Gasteiger partial charge in [-0.3, -0.25) is 4.79 Å². The topological polar surface area (TPSA) is 64.4 Å². The third-order valence-electron chi connectivity index (χ3n) is 3.77. The summed E-state index contributed by atoms with van der Waals surface area (Å²) in [6, 6.07) is 10.0. The van der Waals surface area contributed by atoms with Crippen LogP contribution in [0, 0.1) is 5.92 Å². The van der Waals surface area contributed by atoms with E-state index in [9.17, 15) is 4.79 Å². The zero-order valence-electron chi connectivity index (χ0n) is 11.9. The van der Waals surface area contributed by atoms with E-state index in [0.717, 1.165) is 37.9 Å². The van der Waals surface area contributed by atoms with Crippen molar-refractivity contribution in [1.29, 1.82) is 0 Å². The molecule has 20 heavy (non-hydrogen) atoms. The van der Waals surface area contributed by atoms with E-state index in [4.69, 9.17) is 10.5 Å². The van der Waals surface area contributed by atoms with Gasteiger partial charge >= 0.3 is 0 Å². The highest BCUT2D eigenvalue weighted by Gasteiger charge is 2.23. The second kappa shape index (κ2) is 7.90. The molecule has 3 N–H and O–H groups in total. The molecular formula is C16H24N2O2. The third kappa shape index (κ3) is 4.85. The molecule has 1 aliphatic rings. The van der Waals surface area contributed by atoms with Gasteiger partial charge in [-0.15, -0.1) is 0 Å².